The molecule has 1 aromatic carbocycles. The fourth-order valence-electron chi connectivity index (χ4n) is 7.20. The molecule has 1 saturated heterocycles. The molecule has 4 aliphatic carbocycles. The van der Waals surface area contributed by atoms with Crippen LogP contribution in [0.4, 0.5) is 16.2 Å². The van der Waals surface area contributed by atoms with Gasteiger partial charge in [-0.05, 0) is 94.0 Å². The van der Waals surface area contributed by atoms with Crippen LogP contribution in [0.2, 0.25) is 0 Å². The summed E-state index contributed by atoms with van der Waals surface area (Å²) in [7, 11) is 2.16. The normalized spacial score (nSPS) is 30.8. The second kappa shape index (κ2) is 9.16. The molecule has 0 unspecified atom stereocenters. The van der Waals surface area contributed by atoms with Crippen molar-refractivity contribution < 1.29 is 9.59 Å². The maximum atomic E-state index is 12.6. The zero-order valence-electron chi connectivity index (χ0n) is 20.2. The summed E-state index contributed by atoms with van der Waals surface area (Å²) in [5.41, 5.74) is 3.23. The molecule has 1 aromatic rings. The summed E-state index contributed by atoms with van der Waals surface area (Å²) in [6, 6.07) is 6.01. The van der Waals surface area contributed by atoms with Crippen molar-refractivity contribution in [3.63, 3.8) is 0 Å². The van der Waals surface area contributed by atoms with Gasteiger partial charge in [-0.1, -0.05) is 0 Å². The lowest BCUT2D eigenvalue weighted by atomic mass is 9.53. The van der Waals surface area contributed by atoms with Crippen molar-refractivity contribution >= 4 is 23.3 Å². The number of aryl methyl sites for hydroxylation is 1. The van der Waals surface area contributed by atoms with Crippen LogP contribution in [-0.2, 0) is 4.79 Å². The molecule has 33 heavy (non-hydrogen) atoms. The third-order valence-electron chi connectivity index (χ3n) is 8.38. The Morgan fingerprint density at radius 3 is 2.24 bits per heavy atom. The molecule has 5 aliphatic rings. The van der Waals surface area contributed by atoms with Gasteiger partial charge in [0, 0.05) is 56.1 Å². The van der Waals surface area contributed by atoms with E-state index in [1.54, 1.807) is 0 Å². The van der Waals surface area contributed by atoms with Crippen LogP contribution in [0.15, 0.2) is 18.2 Å². The number of hydrogen-bond acceptors (Lipinski definition) is 4. The van der Waals surface area contributed by atoms with E-state index in [0.29, 0.717) is 6.54 Å². The summed E-state index contributed by atoms with van der Waals surface area (Å²) in [4.78, 5) is 29.8. The SMILES string of the molecule is Cc1cc(NC(=O)CCNC(=O)NC23CC4CC(CC(C4)C2)C3)ccc1N1CCN(C)CC1. The number of urea groups is 1. The van der Waals surface area contributed by atoms with Crippen molar-refractivity contribution in [3.05, 3.63) is 23.8 Å². The van der Waals surface area contributed by atoms with Crippen molar-refractivity contribution in [2.45, 2.75) is 57.4 Å². The van der Waals surface area contributed by atoms with Gasteiger partial charge in [0.05, 0.1) is 0 Å². The second-order valence-electron chi connectivity index (χ2n) is 11.2. The highest BCUT2D eigenvalue weighted by atomic mass is 16.2. The number of nitrogens with one attached hydrogen (secondary N) is 3. The van der Waals surface area contributed by atoms with E-state index in [1.807, 2.05) is 12.1 Å². The quantitative estimate of drug-likeness (QED) is 0.617. The smallest absolute Gasteiger partial charge is 0.315 e. The fraction of sp³-hybridized carbons (Fsp3) is 0.692. The largest absolute Gasteiger partial charge is 0.369 e. The Kier molecular flexibility index (Phi) is 6.25. The lowest BCUT2D eigenvalue weighted by Gasteiger charge is -2.56. The first-order chi connectivity index (χ1) is 15.9. The topological polar surface area (TPSA) is 76.7 Å². The van der Waals surface area contributed by atoms with Gasteiger partial charge in [-0.15, -0.1) is 0 Å². The van der Waals surface area contributed by atoms with Crippen LogP contribution in [0.25, 0.3) is 0 Å². The fourth-order valence-corrected chi connectivity index (χ4v) is 7.20. The second-order valence-corrected chi connectivity index (χ2v) is 11.2. The number of anilines is 2. The van der Waals surface area contributed by atoms with Crippen molar-refractivity contribution in [2.75, 3.05) is 50.0 Å². The van der Waals surface area contributed by atoms with Crippen LogP contribution in [0, 0.1) is 24.7 Å². The zero-order valence-corrected chi connectivity index (χ0v) is 20.2. The maximum absolute atomic E-state index is 12.6. The van der Waals surface area contributed by atoms with Crippen molar-refractivity contribution in [1.82, 2.24) is 15.5 Å². The molecule has 180 valence electrons. The molecule has 6 rings (SSSR count). The molecule has 0 spiro atoms. The Balaban J connectivity index is 1.06. The van der Waals surface area contributed by atoms with Crippen molar-refractivity contribution in [3.8, 4) is 0 Å². The highest BCUT2D eigenvalue weighted by Crippen LogP contribution is 2.55. The van der Waals surface area contributed by atoms with E-state index in [-0.39, 0.29) is 23.9 Å². The van der Waals surface area contributed by atoms with E-state index >= 15 is 0 Å². The van der Waals surface area contributed by atoms with E-state index in [1.165, 1.54) is 30.5 Å². The first-order valence-electron chi connectivity index (χ1n) is 12.8. The first-order valence-corrected chi connectivity index (χ1v) is 12.8. The number of rotatable bonds is 6. The highest BCUT2D eigenvalue weighted by molar-refractivity contribution is 5.91. The Labute approximate surface area is 197 Å². The van der Waals surface area contributed by atoms with E-state index in [9.17, 15) is 9.59 Å². The van der Waals surface area contributed by atoms with Gasteiger partial charge < -0.3 is 25.8 Å². The monoisotopic (exact) mass is 453 g/mol. The Bertz CT molecular complexity index is 857. The number of likely N-dealkylation sites (N-methyl/N-ethyl adjacent to an activating group) is 1. The molecule has 7 nitrogen and oxygen atoms in total. The Hall–Kier alpha value is -2.28. The first kappa shape index (κ1) is 22.5. The minimum atomic E-state index is -0.114. The van der Waals surface area contributed by atoms with Gasteiger partial charge >= 0.3 is 6.03 Å². The minimum Gasteiger partial charge on any atom is -0.369 e. The van der Waals surface area contributed by atoms with Gasteiger partial charge in [-0.25, -0.2) is 4.79 Å². The van der Waals surface area contributed by atoms with Crippen molar-refractivity contribution in [1.29, 1.82) is 0 Å². The molecular formula is C26H39N5O2. The summed E-state index contributed by atoms with van der Waals surface area (Å²) in [5, 5.41) is 9.21. The molecule has 4 saturated carbocycles. The molecule has 3 amide bonds. The Morgan fingerprint density at radius 1 is 1.00 bits per heavy atom. The van der Waals surface area contributed by atoms with Gasteiger partial charge in [-0.3, -0.25) is 4.79 Å². The third-order valence-corrected chi connectivity index (χ3v) is 8.38. The number of amides is 3. The van der Waals surface area contributed by atoms with Gasteiger partial charge in [0.1, 0.15) is 0 Å². The van der Waals surface area contributed by atoms with Gasteiger partial charge in [-0.2, -0.15) is 0 Å². The van der Waals surface area contributed by atoms with Crippen molar-refractivity contribution in [2.24, 2.45) is 17.8 Å². The van der Waals surface area contributed by atoms with Crippen LogP contribution in [0.3, 0.4) is 0 Å². The van der Waals surface area contributed by atoms with Crippen LogP contribution in [0.5, 0.6) is 0 Å². The number of carbonyl (C=O) groups is 2. The molecule has 4 bridgehead atoms. The van der Waals surface area contributed by atoms with Gasteiger partial charge in [0.15, 0.2) is 0 Å². The van der Waals surface area contributed by atoms with E-state index in [2.05, 4.69) is 45.8 Å². The predicted molar refractivity (Wildman–Crippen MR) is 132 cm³/mol. The number of nitrogens with zero attached hydrogens (tertiary/aromatic N) is 2. The van der Waals surface area contributed by atoms with Crippen LogP contribution in [-0.4, -0.2) is 62.1 Å². The van der Waals surface area contributed by atoms with E-state index in [0.717, 1.165) is 68.9 Å². The summed E-state index contributed by atoms with van der Waals surface area (Å²) in [5.74, 6) is 2.33. The molecule has 1 aliphatic heterocycles. The molecule has 0 aromatic heterocycles. The predicted octanol–water partition coefficient (Wildman–Crippen LogP) is 3.34. The highest BCUT2D eigenvalue weighted by Gasteiger charge is 2.51. The molecule has 5 fully saturated rings. The molecule has 7 heteroatoms. The van der Waals surface area contributed by atoms with Crippen LogP contribution < -0.4 is 20.9 Å². The standard InChI is InChI=1S/C26H39N5O2/c1-18-11-22(3-4-23(18)31-9-7-30(2)8-10-31)28-24(32)5-6-27-25(33)29-26-15-19-12-20(16-26)14-21(13-19)17-26/h3-4,11,19-21H,5-10,12-17H2,1-2H3,(H,28,32)(H2,27,29,33). The average molecular weight is 454 g/mol. The van der Waals surface area contributed by atoms with Gasteiger partial charge in [0.25, 0.3) is 0 Å². The van der Waals surface area contributed by atoms with E-state index < -0.39 is 0 Å². The van der Waals surface area contributed by atoms with Crippen LogP contribution in [0.1, 0.15) is 50.5 Å². The van der Waals surface area contributed by atoms with E-state index in [4.69, 9.17) is 0 Å². The summed E-state index contributed by atoms with van der Waals surface area (Å²) in [6.45, 7) is 6.64. The molecule has 0 radical (unpaired) electrons. The number of carbonyl (C=O) groups excluding carboxylic acids is 2. The lowest BCUT2D eigenvalue weighted by molar-refractivity contribution is -0.116. The maximum Gasteiger partial charge on any atom is 0.315 e. The lowest BCUT2D eigenvalue weighted by Crippen LogP contribution is -2.61. The minimum absolute atomic E-state index is 0.00410. The number of piperazine rings is 1. The molecule has 0 atom stereocenters. The van der Waals surface area contributed by atoms with Crippen LogP contribution >= 0.6 is 0 Å². The number of hydrogen-bond donors (Lipinski definition) is 3. The summed E-state index contributed by atoms with van der Waals surface area (Å²) < 4.78 is 0. The molecular weight excluding hydrogens is 414 g/mol. The zero-order chi connectivity index (χ0) is 23.0. The summed E-state index contributed by atoms with van der Waals surface area (Å²) in [6.07, 6.45) is 7.76. The average Bonchev–Trinajstić information content (AvgIpc) is 2.73. The molecule has 1 heterocycles. The molecule has 3 N–H and O–H groups in total. The third kappa shape index (κ3) is 5.13. The number of benzene rings is 1. The van der Waals surface area contributed by atoms with Gasteiger partial charge in [0.2, 0.25) is 5.91 Å². The summed E-state index contributed by atoms with van der Waals surface area (Å²) >= 11 is 0. The Morgan fingerprint density at radius 2 is 1.64 bits per heavy atom.